The number of allylic oxidation sites excluding steroid dienone is 1. The zero-order valence-corrected chi connectivity index (χ0v) is 21.7. The van der Waals surface area contributed by atoms with Gasteiger partial charge in [-0.1, -0.05) is 116 Å². The SMILES string of the molecule is C=CCCCCCCCCCCCCC[N+](C)(C)CCCCCCCCCCCC. The van der Waals surface area contributed by atoms with E-state index in [0.29, 0.717) is 0 Å². The molecule has 0 aliphatic heterocycles. The molecule has 0 aromatic heterocycles. The smallest absolute Gasteiger partial charge is 0.0782 e. The molecule has 0 unspecified atom stereocenters. The molecule has 0 heterocycles. The Kier molecular flexibility index (Phi) is 23.1. The Bertz CT molecular complexity index is 333. The molecule has 0 aliphatic carbocycles. The molecule has 30 heavy (non-hydrogen) atoms. The molecule has 0 saturated carbocycles. The van der Waals surface area contributed by atoms with Gasteiger partial charge in [0, 0.05) is 0 Å². The number of quaternary nitrogens is 1. The second-order valence-electron chi connectivity index (χ2n) is 10.5. The van der Waals surface area contributed by atoms with Gasteiger partial charge in [-0.15, -0.1) is 6.58 Å². The summed E-state index contributed by atoms with van der Waals surface area (Å²) in [7, 11) is 4.89. The normalized spacial score (nSPS) is 11.8. The Morgan fingerprint density at radius 2 is 0.767 bits per heavy atom. The van der Waals surface area contributed by atoms with E-state index in [0.717, 1.165) is 0 Å². The number of hydrogen-bond donors (Lipinski definition) is 0. The van der Waals surface area contributed by atoms with E-state index in [2.05, 4.69) is 33.7 Å². The van der Waals surface area contributed by atoms with Crippen LogP contribution in [-0.2, 0) is 0 Å². The maximum absolute atomic E-state index is 3.80. The highest BCUT2D eigenvalue weighted by Crippen LogP contribution is 2.14. The van der Waals surface area contributed by atoms with Gasteiger partial charge in [0.15, 0.2) is 0 Å². The summed E-state index contributed by atoms with van der Waals surface area (Å²) in [6.07, 6.45) is 33.5. The van der Waals surface area contributed by atoms with E-state index in [9.17, 15) is 0 Å². The lowest BCUT2D eigenvalue weighted by atomic mass is 10.0. The van der Waals surface area contributed by atoms with Crippen molar-refractivity contribution in [1.82, 2.24) is 0 Å². The van der Waals surface area contributed by atoms with Crippen LogP contribution in [0.3, 0.4) is 0 Å². The van der Waals surface area contributed by atoms with Gasteiger partial charge in [-0.05, 0) is 38.5 Å². The molecular weight excluding hydrogens is 362 g/mol. The maximum atomic E-state index is 3.80. The summed E-state index contributed by atoms with van der Waals surface area (Å²) >= 11 is 0. The highest BCUT2D eigenvalue weighted by Gasteiger charge is 2.13. The Labute approximate surface area is 192 Å². The van der Waals surface area contributed by atoms with Gasteiger partial charge in [-0.2, -0.15) is 0 Å². The minimum atomic E-state index is 1.20. The van der Waals surface area contributed by atoms with Crippen molar-refractivity contribution in [3.8, 4) is 0 Å². The maximum Gasteiger partial charge on any atom is 0.0782 e. The van der Waals surface area contributed by atoms with Crippen molar-refractivity contribution in [3.63, 3.8) is 0 Å². The molecular formula is C29H60N+. The van der Waals surface area contributed by atoms with E-state index < -0.39 is 0 Å². The van der Waals surface area contributed by atoms with Gasteiger partial charge in [0.25, 0.3) is 0 Å². The number of nitrogens with zero attached hydrogens (tertiary/aromatic N) is 1. The third-order valence-electron chi connectivity index (χ3n) is 6.79. The van der Waals surface area contributed by atoms with Crippen LogP contribution in [0.5, 0.6) is 0 Å². The minimum absolute atomic E-state index is 1.20. The van der Waals surface area contributed by atoms with E-state index >= 15 is 0 Å². The Balaban J connectivity index is 3.30. The van der Waals surface area contributed by atoms with Gasteiger partial charge < -0.3 is 4.48 Å². The van der Waals surface area contributed by atoms with Gasteiger partial charge in [0.2, 0.25) is 0 Å². The summed E-state index contributed by atoms with van der Waals surface area (Å²) in [5.41, 5.74) is 0. The molecule has 1 heteroatoms. The Morgan fingerprint density at radius 3 is 1.10 bits per heavy atom. The fourth-order valence-corrected chi connectivity index (χ4v) is 4.56. The summed E-state index contributed by atoms with van der Waals surface area (Å²) in [6.45, 7) is 8.85. The van der Waals surface area contributed by atoms with Crippen molar-refractivity contribution in [3.05, 3.63) is 12.7 Å². The predicted octanol–water partition coefficient (Wildman–Crippen LogP) is 9.85. The van der Waals surface area contributed by atoms with Gasteiger partial charge >= 0.3 is 0 Å². The van der Waals surface area contributed by atoms with Crippen molar-refractivity contribution >= 4 is 0 Å². The molecule has 0 atom stereocenters. The monoisotopic (exact) mass is 422 g/mol. The van der Waals surface area contributed by atoms with Gasteiger partial charge in [0.05, 0.1) is 27.2 Å². The third kappa shape index (κ3) is 24.0. The number of hydrogen-bond acceptors (Lipinski definition) is 0. The highest BCUT2D eigenvalue weighted by molar-refractivity contribution is 4.65. The standard InChI is InChI=1S/C29H60N/c1-5-7-9-11-13-15-17-18-19-21-23-25-27-29-30(3,4)28-26-24-22-20-16-14-12-10-8-6-2/h5H,1,6-29H2,2-4H3/q+1. The molecule has 0 rings (SSSR count). The fraction of sp³-hybridized carbons (Fsp3) is 0.931. The van der Waals surface area contributed by atoms with Gasteiger partial charge in [0.1, 0.15) is 0 Å². The molecule has 0 aliphatic rings. The molecule has 0 spiro atoms. The molecule has 0 amide bonds. The fourth-order valence-electron chi connectivity index (χ4n) is 4.56. The van der Waals surface area contributed by atoms with Crippen LogP contribution in [0, 0.1) is 0 Å². The molecule has 1 nitrogen and oxygen atoms in total. The second-order valence-corrected chi connectivity index (χ2v) is 10.5. The average Bonchev–Trinajstić information content (AvgIpc) is 2.72. The largest absolute Gasteiger partial charge is 0.328 e. The van der Waals surface area contributed by atoms with Gasteiger partial charge in [-0.3, -0.25) is 0 Å². The molecule has 0 radical (unpaired) electrons. The quantitative estimate of drug-likeness (QED) is 0.0779. The van der Waals surface area contributed by atoms with E-state index in [1.165, 1.54) is 159 Å². The average molecular weight is 423 g/mol. The van der Waals surface area contributed by atoms with E-state index in [4.69, 9.17) is 0 Å². The minimum Gasteiger partial charge on any atom is -0.328 e. The first-order chi connectivity index (χ1) is 14.6. The molecule has 0 fully saturated rings. The van der Waals surface area contributed by atoms with Crippen LogP contribution in [-0.4, -0.2) is 31.7 Å². The summed E-state index contributed by atoms with van der Waals surface area (Å²) in [4.78, 5) is 0. The first-order valence-electron chi connectivity index (χ1n) is 14.1. The van der Waals surface area contributed by atoms with Crippen LogP contribution in [0.15, 0.2) is 12.7 Å². The Hall–Kier alpha value is -0.300. The topological polar surface area (TPSA) is 0 Å². The number of unbranched alkanes of at least 4 members (excludes halogenated alkanes) is 20. The first kappa shape index (κ1) is 29.7. The molecule has 0 aromatic rings. The first-order valence-corrected chi connectivity index (χ1v) is 14.1. The Morgan fingerprint density at radius 1 is 0.467 bits per heavy atom. The predicted molar refractivity (Wildman–Crippen MR) is 139 cm³/mol. The van der Waals surface area contributed by atoms with Crippen LogP contribution < -0.4 is 0 Å². The molecule has 180 valence electrons. The van der Waals surface area contributed by atoms with E-state index in [1.807, 2.05) is 0 Å². The highest BCUT2D eigenvalue weighted by atomic mass is 15.3. The van der Waals surface area contributed by atoms with Gasteiger partial charge in [-0.25, -0.2) is 0 Å². The lowest BCUT2D eigenvalue weighted by molar-refractivity contribution is -0.890. The van der Waals surface area contributed by atoms with Crippen molar-refractivity contribution in [2.75, 3.05) is 27.2 Å². The third-order valence-corrected chi connectivity index (χ3v) is 6.79. The van der Waals surface area contributed by atoms with Crippen LogP contribution in [0.2, 0.25) is 0 Å². The van der Waals surface area contributed by atoms with E-state index in [1.54, 1.807) is 0 Å². The molecule has 0 saturated heterocycles. The summed E-state index contributed by atoms with van der Waals surface area (Å²) < 4.78 is 1.24. The van der Waals surface area contributed by atoms with Crippen molar-refractivity contribution in [2.45, 2.75) is 148 Å². The molecule has 0 N–H and O–H groups in total. The van der Waals surface area contributed by atoms with Crippen LogP contribution in [0.4, 0.5) is 0 Å². The van der Waals surface area contributed by atoms with Crippen molar-refractivity contribution < 1.29 is 4.48 Å². The van der Waals surface area contributed by atoms with Crippen molar-refractivity contribution in [2.24, 2.45) is 0 Å². The lowest BCUT2D eigenvalue weighted by Gasteiger charge is -2.30. The zero-order chi connectivity index (χ0) is 22.2. The van der Waals surface area contributed by atoms with Crippen LogP contribution >= 0.6 is 0 Å². The molecule has 0 bridgehead atoms. The summed E-state index contributed by atoms with van der Waals surface area (Å²) in [5, 5.41) is 0. The lowest BCUT2D eigenvalue weighted by Crippen LogP contribution is -2.41. The zero-order valence-electron chi connectivity index (χ0n) is 21.7. The molecule has 0 aromatic carbocycles. The van der Waals surface area contributed by atoms with Crippen LogP contribution in [0.1, 0.15) is 148 Å². The van der Waals surface area contributed by atoms with Crippen molar-refractivity contribution in [1.29, 1.82) is 0 Å². The van der Waals surface area contributed by atoms with Crippen LogP contribution in [0.25, 0.3) is 0 Å². The summed E-state index contributed by atoms with van der Waals surface area (Å²) in [5.74, 6) is 0. The summed E-state index contributed by atoms with van der Waals surface area (Å²) in [6, 6.07) is 0. The number of rotatable bonds is 25. The second kappa shape index (κ2) is 23.4. The van der Waals surface area contributed by atoms with E-state index in [-0.39, 0.29) is 0 Å².